The van der Waals surface area contributed by atoms with Crippen molar-refractivity contribution in [1.82, 2.24) is 10.3 Å². The first-order valence-corrected chi connectivity index (χ1v) is 10.5. The van der Waals surface area contributed by atoms with Gasteiger partial charge in [-0.1, -0.05) is 18.2 Å². The molecule has 32 heavy (non-hydrogen) atoms. The van der Waals surface area contributed by atoms with Gasteiger partial charge in [-0.05, 0) is 55.8 Å². The molecule has 2 aromatic carbocycles. The Morgan fingerprint density at radius 3 is 2.69 bits per heavy atom. The number of nitrogens with one attached hydrogen (secondary N) is 1. The Morgan fingerprint density at radius 2 is 1.94 bits per heavy atom. The zero-order chi connectivity index (χ0) is 22.8. The van der Waals surface area contributed by atoms with E-state index in [1.54, 1.807) is 30.6 Å². The van der Waals surface area contributed by atoms with Crippen molar-refractivity contribution in [2.24, 2.45) is 0 Å². The van der Waals surface area contributed by atoms with Gasteiger partial charge in [0.1, 0.15) is 25.1 Å². The van der Waals surface area contributed by atoms with Gasteiger partial charge in [0.05, 0.1) is 6.61 Å². The second kappa shape index (κ2) is 11.7. The first-order valence-electron chi connectivity index (χ1n) is 10.5. The number of carbonyl (C=O) groups is 1. The normalized spacial score (nSPS) is 11.5. The van der Waals surface area contributed by atoms with Crippen LogP contribution in [-0.4, -0.2) is 41.9 Å². The molecule has 0 fully saturated rings. The van der Waals surface area contributed by atoms with E-state index >= 15 is 0 Å². The smallest absolute Gasteiger partial charge is 0.251 e. The molecule has 0 radical (unpaired) electrons. The molecule has 1 atom stereocenters. The monoisotopic (exact) mass is 436 g/mol. The summed E-state index contributed by atoms with van der Waals surface area (Å²) in [5.41, 5.74) is 2.41. The standard InChI is InChI=1S/C25H28N2O5/c1-3-30-24-13-20(9-10-23(24)32-16-19-7-5-11-26-14-19)25(29)27-15-21(28)17-31-22-8-4-6-18(2)12-22/h4-14,21,28H,3,15-17H2,1-2H3,(H,27,29). The van der Waals surface area contributed by atoms with Crippen LogP contribution in [0.1, 0.15) is 28.4 Å². The lowest BCUT2D eigenvalue weighted by Crippen LogP contribution is -2.35. The number of pyridine rings is 1. The SMILES string of the molecule is CCOc1cc(C(=O)NCC(O)COc2cccc(C)c2)ccc1OCc1cccnc1. The van der Waals surface area contributed by atoms with Crippen LogP contribution in [0.3, 0.4) is 0 Å². The molecule has 1 amide bonds. The van der Waals surface area contributed by atoms with E-state index in [9.17, 15) is 9.90 Å². The van der Waals surface area contributed by atoms with Crippen LogP contribution in [0, 0.1) is 6.92 Å². The molecule has 3 rings (SSSR count). The molecule has 7 heteroatoms. The fraction of sp³-hybridized carbons (Fsp3) is 0.280. The van der Waals surface area contributed by atoms with Gasteiger partial charge in [-0.3, -0.25) is 9.78 Å². The maximum atomic E-state index is 12.5. The Labute approximate surface area is 188 Å². The second-order valence-electron chi connectivity index (χ2n) is 7.24. The molecule has 0 saturated heterocycles. The van der Waals surface area contributed by atoms with Crippen LogP contribution in [0.4, 0.5) is 0 Å². The molecule has 0 spiro atoms. The zero-order valence-corrected chi connectivity index (χ0v) is 18.3. The Kier molecular flexibility index (Phi) is 8.45. The minimum absolute atomic E-state index is 0.0634. The number of ether oxygens (including phenoxy) is 3. The summed E-state index contributed by atoms with van der Waals surface area (Å²) in [5, 5.41) is 12.9. The van der Waals surface area contributed by atoms with E-state index in [1.165, 1.54) is 0 Å². The quantitative estimate of drug-likeness (QED) is 0.478. The molecule has 168 valence electrons. The van der Waals surface area contributed by atoms with Crippen molar-refractivity contribution in [3.63, 3.8) is 0 Å². The number of hydrogen-bond acceptors (Lipinski definition) is 6. The van der Waals surface area contributed by atoms with Gasteiger partial charge in [0.15, 0.2) is 11.5 Å². The lowest BCUT2D eigenvalue weighted by Gasteiger charge is -2.15. The predicted molar refractivity (Wildman–Crippen MR) is 121 cm³/mol. The van der Waals surface area contributed by atoms with E-state index in [0.717, 1.165) is 11.1 Å². The van der Waals surface area contributed by atoms with Crippen LogP contribution in [0.25, 0.3) is 0 Å². The van der Waals surface area contributed by atoms with Crippen molar-refractivity contribution < 1.29 is 24.1 Å². The van der Waals surface area contributed by atoms with Gasteiger partial charge in [0.25, 0.3) is 5.91 Å². The van der Waals surface area contributed by atoms with Gasteiger partial charge in [0, 0.05) is 30.1 Å². The summed E-state index contributed by atoms with van der Waals surface area (Å²) in [5.74, 6) is 1.38. The van der Waals surface area contributed by atoms with Crippen molar-refractivity contribution in [3.05, 3.63) is 83.7 Å². The van der Waals surface area contributed by atoms with Crippen molar-refractivity contribution in [3.8, 4) is 17.2 Å². The predicted octanol–water partition coefficient (Wildman–Crippen LogP) is 3.54. The van der Waals surface area contributed by atoms with Gasteiger partial charge in [0.2, 0.25) is 0 Å². The van der Waals surface area contributed by atoms with E-state index in [2.05, 4.69) is 10.3 Å². The van der Waals surface area contributed by atoms with Crippen LogP contribution in [0.5, 0.6) is 17.2 Å². The van der Waals surface area contributed by atoms with Crippen LogP contribution >= 0.6 is 0 Å². The number of aliphatic hydroxyl groups is 1. The number of aryl methyl sites for hydroxylation is 1. The Bertz CT molecular complexity index is 1010. The third-order valence-electron chi connectivity index (χ3n) is 4.55. The Morgan fingerprint density at radius 1 is 1.06 bits per heavy atom. The first kappa shape index (κ1) is 23.1. The van der Waals surface area contributed by atoms with E-state index < -0.39 is 6.10 Å². The average molecular weight is 437 g/mol. The van der Waals surface area contributed by atoms with E-state index in [4.69, 9.17) is 14.2 Å². The maximum Gasteiger partial charge on any atom is 0.251 e. The first-order chi connectivity index (χ1) is 15.5. The fourth-order valence-electron chi connectivity index (χ4n) is 2.95. The summed E-state index contributed by atoms with van der Waals surface area (Å²) < 4.78 is 17.1. The molecular weight excluding hydrogens is 408 g/mol. The highest BCUT2D eigenvalue weighted by atomic mass is 16.5. The van der Waals surface area contributed by atoms with Crippen molar-refractivity contribution >= 4 is 5.91 Å². The molecule has 2 N–H and O–H groups in total. The zero-order valence-electron chi connectivity index (χ0n) is 18.3. The largest absolute Gasteiger partial charge is 0.491 e. The highest BCUT2D eigenvalue weighted by Gasteiger charge is 2.14. The number of hydrogen-bond donors (Lipinski definition) is 2. The molecular formula is C25H28N2O5. The molecule has 0 aliphatic rings. The number of amides is 1. The number of rotatable bonds is 11. The highest BCUT2D eigenvalue weighted by Crippen LogP contribution is 2.29. The Balaban J connectivity index is 1.54. The lowest BCUT2D eigenvalue weighted by molar-refractivity contribution is 0.0843. The molecule has 0 aliphatic heterocycles. The third-order valence-corrected chi connectivity index (χ3v) is 4.55. The van der Waals surface area contributed by atoms with Gasteiger partial charge < -0.3 is 24.6 Å². The highest BCUT2D eigenvalue weighted by molar-refractivity contribution is 5.94. The lowest BCUT2D eigenvalue weighted by atomic mass is 10.2. The minimum atomic E-state index is -0.840. The molecule has 7 nitrogen and oxygen atoms in total. The number of benzene rings is 2. The van der Waals surface area contributed by atoms with Crippen LogP contribution in [-0.2, 0) is 6.61 Å². The number of aromatic nitrogens is 1. The summed E-state index contributed by atoms with van der Waals surface area (Å²) in [7, 11) is 0. The average Bonchev–Trinajstić information content (AvgIpc) is 2.81. The van der Waals surface area contributed by atoms with Crippen molar-refractivity contribution in [1.29, 1.82) is 0 Å². The summed E-state index contributed by atoms with van der Waals surface area (Å²) in [6.45, 7) is 4.75. The summed E-state index contributed by atoms with van der Waals surface area (Å²) in [6.07, 6.45) is 2.59. The van der Waals surface area contributed by atoms with Crippen molar-refractivity contribution in [2.75, 3.05) is 19.8 Å². The molecule has 0 aliphatic carbocycles. The second-order valence-corrected chi connectivity index (χ2v) is 7.24. The molecule has 1 heterocycles. The molecule has 1 aromatic heterocycles. The number of carbonyl (C=O) groups excluding carboxylic acids is 1. The third kappa shape index (κ3) is 6.99. The van der Waals surface area contributed by atoms with Crippen LogP contribution in [0.15, 0.2) is 67.0 Å². The van der Waals surface area contributed by atoms with Crippen LogP contribution < -0.4 is 19.5 Å². The van der Waals surface area contributed by atoms with E-state index in [1.807, 2.05) is 50.2 Å². The van der Waals surface area contributed by atoms with Crippen molar-refractivity contribution in [2.45, 2.75) is 26.6 Å². The van der Waals surface area contributed by atoms with Crippen LogP contribution in [0.2, 0.25) is 0 Å². The fourth-order valence-corrected chi connectivity index (χ4v) is 2.95. The van der Waals surface area contributed by atoms with Gasteiger partial charge in [-0.25, -0.2) is 0 Å². The van der Waals surface area contributed by atoms with Gasteiger partial charge in [-0.2, -0.15) is 0 Å². The minimum Gasteiger partial charge on any atom is -0.491 e. The van der Waals surface area contributed by atoms with E-state index in [0.29, 0.717) is 36.0 Å². The molecule has 1 unspecified atom stereocenters. The molecule has 0 saturated carbocycles. The summed E-state index contributed by atoms with van der Waals surface area (Å²) >= 11 is 0. The molecule has 0 bridgehead atoms. The topological polar surface area (TPSA) is 89.9 Å². The van der Waals surface area contributed by atoms with E-state index in [-0.39, 0.29) is 19.1 Å². The summed E-state index contributed by atoms with van der Waals surface area (Å²) in [4.78, 5) is 16.6. The molecule has 3 aromatic rings. The van der Waals surface area contributed by atoms with Gasteiger partial charge >= 0.3 is 0 Å². The number of nitrogens with zero attached hydrogens (tertiary/aromatic N) is 1. The van der Waals surface area contributed by atoms with Gasteiger partial charge in [-0.15, -0.1) is 0 Å². The maximum absolute atomic E-state index is 12.5. The number of aliphatic hydroxyl groups excluding tert-OH is 1. The Hall–Kier alpha value is -3.58. The summed E-state index contributed by atoms with van der Waals surface area (Å²) in [6, 6.07) is 16.3.